The predicted octanol–water partition coefficient (Wildman–Crippen LogP) is -0.924. The highest BCUT2D eigenvalue weighted by Gasteiger charge is 2.06. The van der Waals surface area contributed by atoms with Crippen LogP contribution in [0.5, 0.6) is 0 Å². The Morgan fingerprint density at radius 3 is 2.71 bits per heavy atom. The highest BCUT2D eigenvalue weighted by atomic mass is 16.3. The molecule has 0 unspecified atom stereocenters. The molecule has 0 radical (unpaired) electrons. The smallest absolute Gasteiger partial charge is 0.224 e. The first kappa shape index (κ1) is 8.57. The van der Waals surface area contributed by atoms with Crippen LogP contribution in [0, 0.1) is 0 Å². The molecular formula is C7H8N6O. The van der Waals surface area contributed by atoms with E-state index < -0.39 is 0 Å². The molecule has 0 atom stereocenters. The fourth-order valence-corrected chi connectivity index (χ4v) is 1.06. The zero-order chi connectivity index (χ0) is 10.1. The number of hydrogen-bond donors (Lipinski definition) is 3. The Labute approximate surface area is 78.8 Å². The lowest BCUT2D eigenvalue weighted by molar-refractivity contribution is 0.277. The summed E-state index contributed by atoms with van der Waals surface area (Å²) in [6.45, 7) is -0.202. The van der Waals surface area contributed by atoms with E-state index in [2.05, 4.69) is 19.9 Å². The Morgan fingerprint density at radius 1 is 1.21 bits per heavy atom. The molecule has 2 aromatic rings. The van der Waals surface area contributed by atoms with Gasteiger partial charge in [-0.15, -0.1) is 0 Å². The molecule has 0 aromatic carbocycles. The van der Waals surface area contributed by atoms with Gasteiger partial charge in [0.05, 0.1) is 18.5 Å². The SMILES string of the molecule is Nc1nc(N)c2ncc(CO)nc2n1. The second kappa shape index (κ2) is 3.04. The van der Waals surface area contributed by atoms with Gasteiger partial charge in [-0.05, 0) is 0 Å². The molecule has 14 heavy (non-hydrogen) atoms. The number of nitrogens with two attached hydrogens (primary N) is 2. The van der Waals surface area contributed by atoms with Crippen LogP contribution in [0.4, 0.5) is 11.8 Å². The fourth-order valence-electron chi connectivity index (χ4n) is 1.06. The predicted molar refractivity (Wildman–Crippen MR) is 49.9 cm³/mol. The van der Waals surface area contributed by atoms with Crippen molar-refractivity contribution >= 4 is 22.9 Å². The van der Waals surface area contributed by atoms with Gasteiger partial charge in [-0.3, -0.25) is 0 Å². The van der Waals surface area contributed by atoms with E-state index in [9.17, 15) is 0 Å². The summed E-state index contributed by atoms with van der Waals surface area (Å²) in [4.78, 5) is 15.5. The molecule has 2 rings (SSSR count). The third-order valence-corrected chi connectivity index (χ3v) is 1.66. The number of aliphatic hydroxyl groups excluding tert-OH is 1. The number of rotatable bonds is 1. The minimum atomic E-state index is -0.202. The van der Waals surface area contributed by atoms with Gasteiger partial charge in [-0.1, -0.05) is 0 Å². The summed E-state index contributed by atoms with van der Waals surface area (Å²) in [5.41, 5.74) is 12.0. The first-order valence-electron chi connectivity index (χ1n) is 3.86. The zero-order valence-electron chi connectivity index (χ0n) is 7.18. The van der Waals surface area contributed by atoms with E-state index in [0.717, 1.165) is 0 Å². The largest absolute Gasteiger partial charge is 0.390 e. The van der Waals surface area contributed by atoms with Crippen molar-refractivity contribution in [2.24, 2.45) is 0 Å². The van der Waals surface area contributed by atoms with Crippen LogP contribution in [0.1, 0.15) is 5.69 Å². The Bertz CT molecular complexity index is 485. The summed E-state index contributed by atoms with van der Waals surface area (Å²) in [5, 5.41) is 8.83. The first-order chi connectivity index (χ1) is 6.70. The third-order valence-electron chi connectivity index (χ3n) is 1.66. The van der Waals surface area contributed by atoms with E-state index in [1.54, 1.807) is 0 Å². The highest BCUT2D eigenvalue weighted by Crippen LogP contribution is 2.13. The zero-order valence-corrected chi connectivity index (χ0v) is 7.18. The van der Waals surface area contributed by atoms with Crippen molar-refractivity contribution in [2.45, 2.75) is 6.61 Å². The van der Waals surface area contributed by atoms with Crippen LogP contribution >= 0.6 is 0 Å². The molecule has 7 heteroatoms. The summed E-state index contributed by atoms with van der Waals surface area (Å²) in [7, 11) is 0. The van der Waals surface area contributed by atoms with Gasteiger partial charge in [0.15, 0.2) is 11.5 Å². The molecule has 0 spiro atoms. The molecule has 2 heterocycles. The molecular weight excluding hydrogens is 184 g/mol. The van der Waals surface area contributed by atoms with Gasteiger partial charge in [-0.2, -0.15) is 9.97 Å². The lowest BCUT2D eigenvalue weighted by atomic mass is 10.4. The number of fused-ring (bicyclic) bond motifs is 1. The molecule has 0 bridgehead atoms. The Kier molecular flexibility index (Phi) is 1.86. The van der Waals surface area contributed by atoms with Gasteiger partial charge in [0.2, 0.25) is 5.95 Å². The molecule has 5 N–H and O–H groups in total. The number of nitrogens with zero attached hydrogens (tertiary/aromatic N) is 4. The highest BCUT2D eigenvalue weighted by molar-refractivity contribution is 5.81. The summed E-state index contributed by atoms with van der Waals surface area (Å²) in [5.74, 6) is 0.226. The third kappa shape index (κ3) is 1.29. The van der Waals surface area contributed by atoms with Crippen molar-refractivity contribution in [2.75, 3.05) is 11.5 Å². The van der Waals surface area contributed by atoms with Crippen molar-refractivity contribution in [3.63, 3.8) is 0 Å². The van der Waals surface area contributed by atoms with Crippen LogP contribution < -0.4 is 11.5 Å². The van der Waals surface area contributed by atoms with Gasteiger partial charge in [0.1, 0.15) is 5.52 Å². The Hall–Kier alpha value is -2.02. The van der Waals surface area contributed by atoms with Crippen molar-refractivity contribution < 1.29 is 5.11 Å². The average molecular weight is 192 g/mol. The van der Waals surface area contributed by atoms with Gasteiger partial charge >= 0.3 is 0 Å². The first-order valence-corrected chi connectivity index (χ1v) is 3.86. The normalized spacial score (nSPS) is 10.6. The fraction of sp³-hybridized carbons (Fsp3) is 0.143. The molecule has 0 saturated heterocycles. The van der Waals surface area contributed by atoms with Crippen LogP contribution in [-0.4, -0.2) is 25.0 Å². The quantitative estimate of drug-likeness (QED) is 0.533. The van der Waals surface area contributed by atoms with Crippen molar-refractivity contribution in [3.8, 4) is 0 Å². The second-order valence-electron chi connectivity index (χ2n) is 2.66. The molecule has 0 aliphatic rings. The maximum atomic E-state index is 8.83. The maximum absolute atomic E-state index is 8.83. The van der Waals surface area contributed by atoms with E-state index in [4.69, 9.17) is 16.6 Å². The lowest BCUT2D eigenvalue weighted by Gasteiger charge is -2.01. The average Bonchev–Trinajstić information content (AvgIpc) is 2.16. The second-order valence-corrected chi connectivity index (χ2v) is 2.66. The monoisotopic (exact) mass is 192 g/mol. The minimum absolute atomic E-state index is 0.0411. The standard InChI is InChI=1S/C7H8N6O/c8-5-4-6(13-7(9)12-5)11-3(2-14)1-10-4/h1,14H,2H2,(H4,8,9,11,12,13). The number of aliphatic hydroxyl groups is 1. The molecule has 0 aliphatic heterocycles. The van der Waals surface area contributed by atoms with Crippen LogP contribution in [0.3, 0.4) is 0 Å². The number of anilines is 2. The molecule has 0 saturated carbocycles. The van der Waals surface area contributed by atoms with Gasteiger partial charge in [0.25, 0.3) is 0 Å². The number of nitrogen functional groups attached to an aromatic ring is 2. The van der Waals surface area contributed by atoms with Gasteiger partial charge in [-0.25, -0.2) is 9.97 Å². The van der Waals surface area contributed by atoms with Crippen LogP contribution in [0.2, 0.25) is 0 Å². The summed E-state index contributed by atoms with van der Waals surface area (Å²) in [6.07, 6.45) is 1.41. The van der Waals surface area contributed by atoms with E-state index in [1.807, 2.05) is 0 Å². The van der Waals surface area contributed by atoms with Crippen molar-refractivity contribution in [1.29, 1.82) is 0 Å². The van der Waals surface area contributed by atoms with E-state index in [1.165, 1.54) is 6.20 Å². The number of hydrogen-bond acceptors (Lipinski definition) is 7. The van der Waals surface area contributed by atoms with Crippen molar-refractivity contribution in [1.82, 2.24) is 19.9 Å². The van der Waals surface area contributed by atoms with Crippen LogP contribution in [0.15, 0.2) is 6.20 Å². The van der Waals surface area contributed by atoms with Crippen LogP contribution in [-0.2, 0) is 6.61 Å². The molecule has 72 valence electrons. The van der Waals surface area contributed by atoms with Gasteiger partial charge in [0, 0.05) is 0 Å². The van der Waals surface area contributed by atoms with Crippen molar-refractivity contribution in [3.05, 3.63) is 11.9 Å². The number of aromatic nitrogens is 4. The summed E-state index contributed by atoms with van der Waals surface area (Å²) >= 11 is 0. The Morgan fingerprint density at radius 2 is 2.00 bits per heavy atom. The topological polar surface area (TPSA) is 124 Å². The van der Waals surface area contributed by atoms with E-state index >= 15 is 0 Å². The molecule has 0 amide bonds. The molecule has 0 fully saturated rings. The summed E-state index contributed by atoms with van der Waals surface area (Å²) < 4.78 is 0. The van der Waals surface area contributed by atoms with E-state index in [0.29, 0.717) is 16.9 Å². The maximum Gasteiger partial charge on any atom is 0.224 e. The minimum Gasteiger partial charge on any atom is -0.390 e. The van der Waals surface area contributed by atoms with Crippen LogP contribution in [0.25, 0.3) is 11.2 Å². The molecule has 0 aliphatic carbocycles. The van der Waals surface area contributed by atoms with E-state index in [-0.39, 0.29) is 18.4 Å². The molecule has 2 aromatic heterocycles. The Balaban J connectivity index is 2.75. The molecule has 7 nitrogen and oxygen atoms in total. The lowest BCUT2D eigenvalue weighted by Crippen LogP contribution is -2.04. The van der Waals surface area contributed by atoms with Gasteiger partial charge < -0.3 is 16.6 Å². The summed E-state index contributed by atoms with van der Waals surface area (Å²) in [6, 6.07) is 0.